The topological polar surface area (TPSA) is 71.5 Å². The molecule has 0 spiro atoms. The number of carbonyl (C=O) groups excluding carboxylic acids is 1. The molecule has 0 aliphatic rings. The first kappa shape index (κ1) is 16.8. The van der Waals surface area contributed by atoms with Gasteiger partial charge in [0.05, 0.1) is 6.10 Å². The zero-order valence-electron chi connectivity index (χ0n) is 12.4. The molecule has 2 aromatic rings. The van der Waals surface area contributed by atoms with Crippen LogP contribution in [0.1, 0.15) is 27.8 Å². The Balaban J connectivity index is 1.91. The van der Waals surface area contributed by atoms with Crippen molar-refractivity contribution in [1.29, 1.82) is 0 Å². The SMILES string of the molecule is Cc1cccc(C(=O)NCC(O)c2ccc(OC(F)F)cc2)n1. The van der Waals surface area contributed by atoms with Gasteiger partial charge in [-0.15, -0.1) is 0 Å². The minimum Gasteiger partial charge on any atom is -0.435 e. The van der Waals surface area contributed by atoms with E-state index in [0.29, 0.717) is 11.3 Å². The Morgan fingerprint density at radius 3 is 2.57 bits per heavy atom. The number of alkyl halides is 2. The fraction of sp³-hybridized carbons (Fsp3) is 0.250. The van der Waals surface area contributed by atoms with Crippen LogP contribution in [0.2, 0.25) is 0 Å². The highest BCUT2D eigenvalue weighted by molar-refractivity contribution is 5.92. The van der Waals surface area contributed by atoms with Crippen molar-refractivity contribution in [2.75, 3.05) is 6.54 Å². The van der Waals surface area contributed by atoms with Crippen LogP contribution in [0.25, 0.3) is 0 Å². The van der Waals surface area contributed by atoms with Gasteiger partial charge in [0.2, 0.25) is 0 Å². The summed E-state index contributed by atoms with van der Waals surface area (Å²) in [6, 6.07) is 10.6. The molecule has 1 aromatic heterocycles. The molecule has 0 saturated heterocycles. The van der Waals surface area contributed by atoms with Gasteiger partial charge in [-0.05, 0) is 36.8 Å². The molecule has 0 aliphatic carbocycles. The molecular formula is C16H16F2N2O3. The smallest absolute Gasteiger partial charge is 0.387 e. The van der Waals surface area contributed by atoms with E-state index < -0.39 is 18.6 Å². The third-order valence-electron chi connectivity index (χ3n) is 3.07. The Bertz CT molecular complexity index is 663. The highest BCUT2D eigenvalue weighted by Crippen LogP contribution is 2.19. The first-order chi connectivity index (χ1) is 11.0. The lowest BCUT2D eigenvalue weighted by molar-refractivity contribution is -0.0498. The molecule has 0 radical (unpaired) electrons. The molecule has 0 bridgehead atoms. The van der Waals surface area contributed by atoms with Gasteiger partial charge in [-0.3, -0.25) is 4.79 Å². The van der Waals surface area contributed by atoms with Crippen molar-refractivity contribution in [2.45, 2.75) is 19.6 Å². The van der Waals surface area contributed by atoms with Gasteiger partial charge in [-0.25, -0.2) is 4.98 Å². The minimum atomic E-state index is -2.90. The number of nitrogens with zero attached hydrogens (tertiary/aromatic N) is 1. The second kappa shape index (κ2) is 7.64. The number of ether oxygens (including phenoxy) is 1. The Kier molecular flexibility index (Phi) is 5.59. The van der Waals surface area contributed by atoms with Crippen LogP contribution in [-0.4, -0.2) is 29.2 Å². The fourth-order valence-corrected chi connectivity index (χ4v) is 1.94. The van der Waals surface area contributed by atoms with Crippen molar-refractivity contribution < 1.29 is 23.4 Å². The van der Waals surface area contributed by atoms with Gasteiger partial charge < -0.3 is 15.2 Å². The molecule has 122 valence electrons. The Morgan fingerprint density at radius 1 is 1.26 bits per heavy atom. The van der Waals surface area contributed by atoms with E-state index in [0.717, 1.165) is 0 Å². The monoisotopic (exact) mass is 322 g/mol. The summed E-state index contributed by atoms with van der Waals surface area (Å²) in [4.78, 5) is 16.0. The number of nitrogens with one attached hydrogen (secondary N) is 1. The summed E-state index contributed by atoms with van der Waals surface area (Å²) in [5.41, 5.74) is 1.45. The zero-order valence-corrected chi connectivity index (χ0v) is 12.4. The van der Waals surface area contributed by atoms with Crippen LogP contribution in [0.15, 0.2) is 42.5 Å². The van der Waals surface area contributed by atoms with E-state index in [1.165, 1.54) is 24.3 Å². The minimum absolute atomic E-state index is 0.00365. The van der Waals surface area contributed by atoms with Gasteiger partial charge in [-0.2, -0.15) is 8.78 Å². The number of aliphatic hydroxyl groups is 1. The number of aromatic nitrogens is 1. The maximum atomic E-state index is 12.1. The van der Waals surface area contributed by atoms with Crippen molar-refractivity contribution >= 4 is 5.91 Å². The number of benzene rings is 1. The number of hydrogen-bond donors (Lipinski definition) is 2. The van der Waals surface area contributed by atoms with Crippen LogP contribution >= 0.6 is 0 Å². The molecule has 0 saturated carbocycles. The number of pyridine rings is 1. The molecule has 1 amide bonds. The second-order valence-corrected chi connectivity index (χ2v) is 4.84. The first-order valence-corrected chi connectivity index (χ1v) is 6.90. The van der Waals surface area contributed by atoms with Gasteiger partial charge in [0, 0.05) is 12.2 Å². The van der Waals surface area contributed by atoms with Crippen molar-refractivity contribution in [2.24, 2.45) is 0 Å². The summed E-state index contributed by atoms with van der Waals surface area (Å²) >= 11 is 0. The largest absolute Gasteiger partial charge is 0.435 e. The summed E-state index contributed by atoms with van der Waals surface area (Å²) in [5, 5.41) is 12.6. The molecule has 1 heterocycles. The summed E-state index contributed by atoms with van der Waals surface area (Å²) < 4.78 is 28.3. The molecule has 7 heteroatoms. The van der Waals surface area contributed by atoms with E-state index in [4.69, 9.17) is 0 Å². The van der Waals surface area contributed by atoms with Crippen molar-refractivity contribution in [1.82, 2.24) is 10.3 Å². The van der Waals surface area contributed by atoms with Crippen molar-refractivity contribution in [3.05, 3.63) is 59.4 Å². The van der Waals surface area contributed by atoms with Gasteiger partial charge >= 0.3 is 6.61 Å². The summed E-state index contributed by atoms with van der Waals surface area (Å²) in [6.45, 7) is -1.15. The molecular weight excluding hydrogens is 306 g/mol. The van der Waals surface area contributed by atoms with Crippen LogP contribution in [0, 0.1) is 6.92 Å². The molecule has 1 atom stereocenters. The average molecular weight is 322 g/mol. The third-order valence-corrected chi connectivity index (χ3v) is 3.07. The lowest BCUT2D eigenvalue weighted by Crippen LogP contribution is -2.29. The average Bonchev–Trinajstić information content (AvgIpc) is 2.52. The van der Waals surface area contributed by atoms with Gasteiger partial charge in [0.25, 0.3) is 5.91 Å². The van der Waals surface area contributed by atoms with E-state index in [-0.39, 0.29) is 18.0 Å². The number of aryl methyl sites for hydroxylation is 1. The van der Waals surface area contributed by atoms with E-state index >= 15 is 0 Å². The molecule has 0 aliphatic heterocycles. The number of hydrogen-bond acceptors (Lipinski definition) is 4. The molecule has 2 rings (SSSR count). The predicted octanol–water partition coefficient (Wildman–Crippen LogP) is 2.45. The highest BCUT2D eigenvalue weighted by Gasteiger charge is 2.12. The normalized spacial score (nSPS) is 12.0. The molecule has 1 unspecified atom stereocenters. The van der Waals surface area contributed by atoms with E-state index in [9.17, 15) is 18.7 Å². The molecule has 1 aromatic carbocycles. The molecule has 23 heavy (non-hydrogen) atoms. The molecule has 5 nitrogen and oxygen atoms in total. The maximum Gasteiger partial charge on any atom is 0.387 e. The second-order valence-electron chi connectivity index (χ2n) is 4.84. The summed E-state index contributed by atoms with van der Waals surface area (Å²) in [6.07, 6.45) is -0.968. The first-order valence-electron chi connectivity index (χ1n) is 6.90. The number of halogens is 2. The highest BCUT2D eigenvalue weighted by atomic mass is 19.3. The van der Waals surface area contributed by atoms with Gasteiger partial charge in [-0.1, -0.05) is 18.2 Å². The van der Waals surface area contributed by atoms with Gasteiger partial charge in [0.1, 0.15) is 11.4 Å². The summed E-state index contributed by atoms with van der Waals surface area (Å²) in [5.74, 6) is -0.394. The van der Waals surface area contributed by atoms with E-state index in [1.807, 2.05) is 0 Å². The van der Waals surface area contributed by atoms with Gasteiger partial charge in [0.15, 0.2) is 0 Å². The third kappa shape index (κ3) is 5.00. The van der Waals surface area contributed by atoms with Crippen LogP contribution in [0.4, 0.5) is 8.78 Å². The maximum absolute atomic E-state index is 12.1. The molecule has 0 fully saturated rings. The zero-order chi connectivity index (χ0) is 16.8. The number of amides is 1. The number of carbonyl (C=O) groups is 1. The lowest BCUT2D eigenvalue weighted by Gasteiger charge is -2.13. The van der Waals surface area contributed by atoms with Crippen LogP contribution in [0.3, 0.4) is 0 Å². The Morgan fingerprint density at radius 2 is 1.96 bits per heavy atom. The lowest BCUT2D eigenvalue weighted by atomic mass is 10.1. The molecule has 2 N–H and O–H groups in total. The van der Waals surface area contributed by atoms with Crippen LogP contribution < -0.4 is 10.1 Å². The number of aliphatic hydroxyl groups excluding tert-OH is 1. The van der Waals surface area contributed by atoms with E-state index in [2.05, 4.69) is 15.0 Å². The summed E-state index contributed by atoms with van der Waals surface area (Å²) in [7, 11) is 0. The Hall–Kier alpha value is -2.54. The fourth-order valence-electron chi connectivity index (χ4n) is 1.94. The predicted molar refractivity (Wildman–Crippen MR) is 79.3 cm³/mol. The van der Waals surface area contributed by atoms with E-state index in [1.54, 1.807) is 25.1 Å². The van der Waals surface area contributed by atoms with Crippen molar-refractivity contribution in [3.63, 3.8) is 0 Å². The van der Waals surface area contributed by atoms with Crippen LogP contribution in [0.5, 0.6) is 5.75 Å². The quantitative estimate of drug-likeness (QED) is 0.857. The number of rotatable bonds is 6. The standard InChI is InChI=1S/C16H16F2N2O3/c1-10-3-2-4-13(20-10)15(22)19-9-14(21)11-5-7-12(8-6-11)23-16(17)18/h2-8,14,16,21H,9H2,1H3,(H,19,22). The van der Waals surface area contributed by atoms with Crippen molar-refractivity contribution in [3.8, 4) is 5.75 Å². The van der Waals surface area contributed by atoms with Crippen LogP contribution in [-0.2, 0) is 0 Å². The Labute approximate surface area is 131 Å².